The fourth-order valence-corrected chi connectivity index (χ4v) is 1.42. The number of carbonyl (C=O) groups is 1. The normalized spacial score (nSPS) is 15.0. The zero-order valence-electron chi connectivity index (χ0n) is 9.20. The summed E-state index contributed by atoms with van der Waals surface area (Å²) in [6.07, 6.45) is 5.60. The maximum absolute atomic E-state index is 11.3. The van der Waals surface area contributed by atoms with Gasteiger partial charge in [-0.3, -0.25) is 9.89 Å². The van der Waals surface area contributed by atoms with Crippen LogP contribution in [0.15, 0.2) is 6.33 Å². The number of aromatic nitrogens is 3. The van der Waals surface area contributed by atoms with Gasteiger partial charge in [-0.25, -0.2) is 4.98 Å². The van der Waals surface area contributed by atoms with Crippen molar-refractivity contribution in [3.05, 3.63) is 12.2 Å². The van der Waals surface area contributed by atoms with Crippen molar-refractivity contribution in [1.29, 1.82) is 0 Å². The van der Waals surface area contributed by atoms with Crippen molar-refractivity contribution in [2.24, 2.45) is 0 Å². The highest BCUT2D eigenvalue weighted by atomic mass is 16.1. The maximum Gasteiger partial charge on any atom is 0.233 e. The summed E-state index contributed by atoms with van der Waals surface area (Å²) in [4.78, 5) is 15.3. The Bertz CT molecular complexity index is 320. The Balaban J connectivity index is 1.48. The first-order chi connectivity index (χ1) is 7.84. The Morgan fingerprint density at radius 1 is 1.56 bits per heavy atom. The van der Waals surface area contributed by atoms with Crippen molar-refractivity contribution in [3.8, 4) is 0 Å². The van der Waals surface area contributed by atoms with E-state index in [9.17, 15) is 4.79 Å². The molecule has 3 N–H and O–H groups in total. The number of carbonyl (C=O) groups excluding carboxylic acids is 1. The largest absolute Gasteiger partial charge is 0.355 e. The number of aromatic amines is 1. The van der Waals surface area contributed by atoms with Crippen molar-refractivity contribution in [1.82, 2.24) is 25.8 Å². The third-order valence-electron chi connectivity index (χ3n) is 2.51. The molecule has 0 spiro atoms. The molecule has 0 radical (unpaired) electrons. The molecule has 0 unspecified atom stereocenters. The summed E-state index contributed by atoms with van der Waals surface area (Å²) in [5.74, 6) is 0.940. The first-order valence-corrected chi connectivity index (χ1v) is 5.69. The minimum absolute atomic E-state index is 0.0736. The molecule has 1 saturated carbocycles. The summed E-state index contributed by atoms with van der Waals surface area (Å²) in [6.45, 7) is 1.12. The van der Waals surface area contributed by atoms with E-state index in [4.69, 9.17) is 0 Å². The molecule has 1 heterocycles. The van der Waals surface area contributed by atoms with Crippen LogP contribution in [0.4, 0.5) is 0 Å². The second-order valence-electron chi connectivity index (χ2n) is 4.04. The van der Waals surface area contributed by atoms with Crippen LogP contribution in [0.1, 0.15) is 25.1 Å². The number of nitrogens with one attached hydrogen (secondary N) is 3. The van der Waals surface area contributed by atoms with E-state index in [1.165, 1.54) is 19.2 Å². The average molecular weight is 223 g/mol. The lowest BCUT2D eigenvalue weighted by molar-refractivity contribution is -0.120. The number of aryl methyl sites for hydroxylation is 1. The molecule has 0 aromatic carbocycles. The van der Waals surface area contributed by atoms with Gasteiger partial charge in [0.15, 0.2) is 0 Å². The predicted octanol–water partition coefficient (Wildman–Crippen LogP) is -0.394. The molecule has 0 bridgehead atoms. The molecule has 1 aliphatic carbocycles. The predicted molar refractivity (Wildman–Crippen MR) is 58.7 cm³/mol. The fraction of sp³-hybridized carbons (Fsp3) is 0.700. The van der Waals surface area contributed by atoms with Crippen LogP contribution in [-0.4, -0.2) is 40.2 Å². The number of rotatable bonds is 7. The number of nitrogens with zero attached hydrogens (tertiary/aromatic N) is 2. The van der Waals surface area contributed by atoms with E-state index in [1.807, 2.05) is 0 Å². The number of hydrogen-bond donors (Lipinski definition) is 3. The summed E-state index contributed by atoms with van der Waals surface area (Å²) < 4.78 is 0. The minimum atomic E-state index is 0.0736. The van der Waals surface area contributed by atoms with Gasteiger partial charge in [0.2, 0.25) is 5.91 Å². The molecule has 1 aromatic heterocycles. The third-order valence-corrected chi connectivity index (χ3v) is 2.51. The molecule has 1 aliphatic rings. The summed E-state index contributed by atoms with van der Waals surface area (Å²) in [7, 11) is 0. The van der Waals surface area contributed by atoms with Crippen molar-refractivity contribution < 1.29 is 4.79 Å². The van der Waals surface area contributed by atoms with E-state index in [2.05, 4.69) is 25.8 Å². The summed E-state index contributed by atoms with van der Waals surface area (Å²) in [5, 5.41) is 12.6. The topological polar surface area (TPSA) is 82.7 Å². The monoisotopic (exact) mass is 223 g/mol. The second-order valence-corrected chi connectivity index (χ2v) is 4.04. The smallest absolute Gasteiger partial charge is 0.233 e. The fourth-order valence-electron chi connectivity index (χ4n) is 1.42. The van der Waals surface area contributed by atoms with Gasteiger partial charge in [-0.2, -0.15) is 5.10 Å². The summed E-state index contributed by atoms with van der Waals surface area (Å²) >= 11 is 0. The molecule has 0 aliphatic heterocycles. The van der Waals surface area contributed by atoms with Crippen LogP contribution in [0.5, 0.6) is 0 Å². The quantitative estimate of drug-likeness (QED) is 0.550. The summed E-state index contributed by atoms with van der Waals surface area (Å²) in [6, 6.07) is 0.583. The Morgan fingerprint density at radius 2 is 2.44 bits per heavy atom. The number of amides is 1. The van der Waals surface area contributed by atoms with Crippen molar-refractivity contribution in [3.63, 3.8) is 0 Å². The van der Waals surface area contributed by atoms with Crippen LogP contribution < -0.4 is 10.6 Å². The van der Waals surface area contributed by atoms with E-state index < -0.39 is 0 Å². The van der Waals surface area contributed by atoms with Gasteiger partial charge in [0, 0.05) is 19.0 Å². The molecule has 88 valence electrons. The lowest BCUT2D eigenvalue weighted by Crippen LogP contribution is -2.35. The molecular weight excluding hydrogens is 206 g/mol. The van der Waals surface area contributed by atoms with Gasteiger partial charge in [-0.15, -0.1) is 0 Å². The van der Waals surface area contributed by atoms with Crippen LogP contribution in [0.2, 0.25) is 0 Å². The van der Waals surface area contributed by atoms with Gasteiger partial charge in [0.25, 0.3) is 0 Å². The van der Waals surface area contributed by atoms with Crippen LogP contribution >= 0.6 is 0 Å². The SMILES string of the molecule is O=C(CNC1CC1)NCCCc1ncn[nH]1. The molecule has 1 fully saturated rings. The van der Waals surface area contributed by atoms with Crippen molar-refractivity contribution >= 4 is 5.91 Å². The van der Waals surface area contributed by atoms with Gasteiger partial charge in [-0.1, -0.05) is 0 Å². The van der Waals surface area contributed by atoms with E-state index in [1.54, 1.807) is 0 Å². The Kier molecular flexibility index (Phi) is 3.87. The summed E-state index contributed by atoms with van der Waals surface area (Å²) in [5.41, 5.74) is 0. The molecular formula is C10H17N5O. The van der Waals surface area contributed by atoms with Gasteiger partial charge >= 0.3 is 0 Å². The van der Waals surface area contributed by atoms with Crippen LogP contribution in [0, 0.1) is 0 Å². The van der Waals surface area contributed by atoms with Crippen LogP contribution in [-0.2, 0) is 11.2 Å². The first kappa shape index (κ1) is 11.1. The Hall–Kier alpha value is -1.43. The molecule has 0 saturated heterocycles. The van der Waals surface area contributed by atoms with Crippen molar-refractivity contribution in [2.45, 2.75) is 31.7 Å². The van der Waals surface area contributed by atoms with E-state index in [0.29, 0.717) is 19.1 Å². The first-order valence-electron chi connectivity index (χ1n) is 5.69. The van der Waals surface area contributed by atoms with E-state index in [-0.39, 0.29) is 5.91 Å². The van der Waals surface area contributed by atoms with Gasteiger partial charge in [0.05, 0.1) is 6.54 Å². The molecule has 16 heavy (non-hydrogen) atoms. The number of H-pyrrole nitrogens is 1. The third kappa shape index (κ3) is 3.98. The maximum atomic E-state index is 11.3. The minimum Gasteiger partial charge on any atom is -0.355 e. The zero-order chi connectivity index (χ0) is 11.2. The lowest BCUT2D eigenvalue weighted by atomic mass is 10.3. The highest BCUT2D eigenvalue weighted by Crippen LogP contribution is 2.17. The highest BCUT2D eigenvalue weighted by Gasteiger charge is 2.20. The Morgan fingerprint density at radius 3 is 3.12 bits per heavy atom. The van der Waals surface area contributed by atoms with Crippen LogP contribution in [0.3, 0.4) is 0 Å². The van der Waals surface area contributed by atoms with Gasteiger partial charge in [-0.05, 0) is 19.3 Å². The van der Waals surface area contributed by atoms with Gasteiger partial charge < -0.3 is 10.6 Å². The highest BCUT2D eigenvalue weighted by molar-refractivity contribution is 5.78. The standard InChI is InChI=1S/C10H17N5O/c16-10(6-12-8-3-4-8)11-5-1-2-9-13-7-14-15-9/h7-8,12H,1-6H2,(H,11,16)(H,13,14,15). The second kappa shape index (κ2) is 5.60. The molecule has 1 amide bonds. The molecule has 1 aromatic rings. The van der Waals surface area contributed by atoms with E-state index in [0.717, 1.165) is 18.7 Å². The molecule has 0 atom stereocenters. The molecule has 6 nitrogen and oxygen atoms in total. The van der Waals surface area contributed by atoms with Crippen molar-refractivity contribution in [2.75, 3.05) is 13.1 Å². The average Bonchev–Trinajstić information content (AvgIpc) is 2.97. The molecule has 2 rings (SSSR count). The van der Waals surface area contributed by atoms with Crippen LogP contribution in [0.25, 0.3) is 0 Å². The molecule has 6 heteroatoms. The zero-order valence-corrected chi connectivity index (χ0v) is 9.20. The van der Waals surface area contributed by atoms with E-state index >= 15 is 0 Å². The van der Waals surface area contributed by atoms with Gasteiger partial charge in [0.1, 0.15) is 12.2 Å². The number of hydrogen-bond acceptors (Lipinski definition) is 4. The lowest BCUT2D eigenvalue weighted by Gasteiger charge is -2.04. The Labute approximate surface area is 94.2 Å².